The summed E-state index contributed by atoms with van der Waals surface area (Å²) >= 11 is 0. The van der Waals surface area contributed by atoms with Gasteiger partial charge in [0.05, 0.1) is 0 Å². The van der Waals surface area contributed by atoms with Crippen molar-refractivity contribution in [3.63, 3.8) is 0 Å². The zero-order valence-corrected chi connectivity index (χ0v) is 8.31. The molecule has 1 radical (unpaired) electrons. The molecule has 0 atom stereocenters. The van der Waals surface area contributed by atoms with E-state index in [1.54, 1.807) is 0 Å². The van der Waals surface area contributed by atoms with Crippen LogP contribution in [-0.2, 0) is 0 Å². The van der Waals surface area contributed by atoms with Crippen molar-refractivity contribution in [2.75, 3.05) is 6.54 Å². The zero-order valence-electron chi connectivity index (χ0n) is 8.31. The Morgan fingerprint density at radius 2 is 2.00 bits per heavy atom. The van der Waals surface area contributed by atoms with Gasteiger partial charge in [0.1, 0.15) is 0 Å². The van der Waals surface area contributed by atoms with E-state index < -0.39 is 0 Å². The summed E-state index contributed by atoms with van der Waals surface area (Å²) in [6.45, 7) is 5.75. The summed E-state index contributed by atoms with van der Waals surface area (Å²) < 4.78 is 0. The average Bonchev–Trinajstić information content (AvgIpc) is 2.14. The lowest BCUT2D eigenvalue weighted by atomic mass is 9.89. The van der Waals surface area contributed by atoms with Gasteiger partial charge in [-0.2, -0.15) is 0 Å². The summed E-state index contributed by atoms with van der Waals surface area (Å²) in [6.07, 6.45) is 9.78. The molecule has 0 unspecified atom stereocenters. The number of hydrogen-bond donors (Lipinski definition) is 1. The second-order valence-corrected chi connectivity index (χ2v) is 3.87. The molecule has 0 aromatic heterocycles. The molecule has 0 heterocycles. The molecular formula is C11H22N. The summed E-state index contributed by atoms with van der Waals surface area (Å²) in [4.78, 5) is 0. The number of unbranched alkanes of at least 4 members (excludes halogenated alkanes) is 1. The van der Waals surface area contributed by atoms with Crippen molar-refractivity contribution >= 4 is 0 Å². The minimum absolute atomic E-state index is 0.871. The SMILES string of the molecule is CCCCN[CH]C1CCCCC1. The fraction of sp³-hybridized carbons (Fsp3) is 0.909. The van der Waals surface area contributed by atoms with E-state index in [-0.39, 0.29) is 0 Å². The van der Waals surface area contributed by atoms with Gasteiger partial charge in [-0.05, 0) is 31.7 Å². The monoisotopic (exact) mass is 168 g/mol. The van der Waals surface area contributed by atoms with Crippen LogP contribution < -0.4 is 5.32 Å². The lowest BCUT2D eigenvalue weighted by molar-refractivity contribution is 0.380. The molecule has 0 spiro atoms. The fourth-order valence-electron chi connectivity index (χ4n) is 1.83. The Morgan fingerprint density at radius 1 is 1.25 bits per heavy atom. The highest BCUT2D eigenvalue weighted by atomic mass is 14.8. The van der Waals surface area contributed by atoms with Gasteiger partial charge in [-0.25, -0.2) is 0 Å². The Balaban J connectivity index is 1.91. The molecule has 1 N–H and O–H groups in total. The Hall–Kier alpha value is -0.0400. The lowest BCUT2D eigenvalue weighted by Gasteiger charge is -2.21. The van der Waals surface area contributed by atoms with Crippen LogP contribution in [0.1, 0.15) is 51.9 Å². The molecule has 1 nitrogen and oxygen atoms in total. The molecule has 0 bridgehead atoms. The van der Waals surface area contributed by atoms with E-state index >= 15 is 0 Å². The standard InChI is InChI=1S/C11H22N/c1-2-3-9-12-10-11-7-5-4-6-8-11/h10-12H,2-9H2,1H3. The molecule has 0 aromatic rings. The Morgan fingerprint density at radius 3 is 2.67 bits per heavy atom. The maximum atomic E-state index is 3.43. The van der Waals surface area contributed by atoms with Crippen molar-refractivity contribution in [1.82, 2.24) is 5.32 Å². The maximum absolute atomic E-state index is 3.43. The Bertz CT molecular complexity index is 95.2. The summed E-state index contributed by atoms with van der Waals surface area (Å²) in [6, 6.07) is 0. The smallest absolute Gasteiger partial charge is 0.0252 e. The van der Waals surface area contributed by atoms with Gasteiger partial charge in [-0.15, -0.1) is 0 Å². The molecule has 1 saturated carbocycles. The highest BCUT2D eigenvalue weighted by Crippen LogP contribution is 2.24. The average molecular weight is 168 g/mol. The first-order chi connectivity index (χ1) is 5.93. The van der Waals surface area contributed by atoms with E-state index in [2.05, 4.69) is 18.8 Å². The zero-order chi connectivity index (χ0) is 8.65. The molecule has 1 aliphatic rings. The molecule has 1 fully saturated rings. The van der Waals surface area contributed by atoms with Crippen LogP contribution in [0.3, 0.4) is 0 Å². The van der Waals surface area contributed by atoms with E-state index in [0.29, 0.717) is 0 Å². The minimum atomic E-state index is 0.871. The van der Waals surface area contributed by atoms with Crippen LogP contribution in [0.15, 0.2) is 0 Å². The Kier molecular flexibility index (Phi) is 5.42. The Labute approximate surface area is 76.9 Å². The van der Waals surface area contributed by atoms with E-state index in [4.69, 9.17) is 0 Å². The summed E-state index contributed by atoms with van der Waals surface area (Å²) in [5.74, 6) is 0.871. The van der Waals surface area contributed by atoms with Gasteiger partial charge in [0, 0.05) is 6.54 Å². The van der Waals surface area contributed by atoms with Crippen molar-refractivity contribution in [2.45, 2.75) is 51.9 Å². The normalized spacial score (nSPS) is 19.8. The van der Waals surface area contributed by atoms with E-state index in [1.807, 2.05) is 0 Å². The third-order valence-corrected chi connectivity index (χ3v) is 2.68. The van der Waals surface area contributed by atoms with Crippen molar-refractivity contribution in [1.29, 1.82) is 0 Å². The van der Waals surface area contributed by atoms with Crippen molar-refractivity contribution < 1.29 is 0 Å². The van der Waals surface area contributed by atoms with Gasteiger partial charge in [0.25, 0.3) is 0 Å². The molecule has 1 heteroatoms. The predicted octanol–water partition coefficient (Wildman–Crippen LogP) is 3.12. The second-order valence-electron chi connectivity index (χ2n) is 3.87. The van der Waals surface area contributed by atoms with Crippen molar-refractivity contribution in [2.24, 2.45) is 5.92 Å². The quantitative estimate of drug-likeness (QED) is 0.622. The van der Waals surface area contributed by atoms with Crippen LogP contribution in [-0.4, -0.2) is 6.54 Å². The maximum Gasteiger partial charge on any atom is 0.0252 e. The van der Waals surface area contributed by atoms with Crippen molar-refractivity contribution in [3.05, 3.63) is 6.54 Å². The summed E-state index contributed by atoms with van der Waals surface area (Å²) in [5, 5.41) is 3.43. The van der Waals surface area contributed by atoms with Crippen LogP contribution in [0.2, 0.25) is 0 Å². The van der Waals surface area contributed by atoms with Gasteiger partial charge in [0.2, 0.25) is 0 Å². The van der Waals surface area contributed by atoms with Gasteiger partial charge in [-0.1, -0.05) is 32.6 Å². The molecule has 0 amide bonds. The fourth-order valence-corrected chi connectivity index (χ4v) is 1.83. The van der Waals surface area contributed by atoms with Crippen molar-refractivity contribution in [3.8, 4) is 0 Å². The van der Waals surface area contributed by atoms with Crippen LogP contribution >= 0.6 is 0 Å². The van der Waals surface area contributed by atoms with Crippen LogP contribution in [0, 0.1) is 12.5 Å². The molecule has 1 aliphatic carbocycles. The van der Waals surface area contributed by atoms with E-state index in [1.165, 1.54) is 51.5 Å². The lowest BCUT2D eigenvalue weighted by Crippen LogP contribution is -2.19. The van der Waals surface area contributed by atoms with Crippen LogP contribution in [0.4, 0.5) is 0 Å². The van der Waals surface area contributed by atoms with Gasteiger partial charge in [0.15, 0.2) is 0 Å². The highest BCUT2D eigenvalue weighted by Gasteiger charge is 2.12. The minimum Gasteiger partial charge on any atom is -0.312 e. The third kappa shape index (κ3) is 4.10. The molecule has 0 saturated heterocycles. The molecule has 0 aromatic carbocycles. The third-order valence-electron chi connectivity index (χ3n) is 2.68. The largest absolute Gasteiger partial charge is 0.312 e. The molecule has 71 valence electrons. The first-order valence-electron chi connectivity index (χ1n) is 5.50. The molecule has 1 rings (SSSR count). The van der Waals surface area contributed by atoms with E-state index in [0.717, 1.165) is 5.92 Å². The van der Waals surface area contributed by atoms with E-state index in [9.17, 15) is 0 Å². The van der Waals surface area contributed by atoms with Crippen LogP contribution in [0.5, 0.6) is 0 Å². The topological polar surface area (TPSA) is 12.0 Å². The molecular weight excluding hydrogens is 146 g/mol. The molecule has 12 heavy (non-hydrogen) atoms. The van der Waals surface area contributed by atoms with Gasteiger partial charge in [-0.3, -0.25) is 0 Å². The first kappa shape index (κ1) is 10.0. The number of rotatable bonds is 5. The molecule has 0 aliphatic heterocycles. The number of hydrogen-bond acceptors (Lipinski definition) is 1. The summed E-state index contributed by atoms with van der Waals surface area (Å²) in [7, 11) is 0. The second kappa shape index (κ2) is 6.47. The summed E-state index contributed by atoms with van der Waals surface area (Å²) in [5.41, 5.74) is 0. The number of nitrogens with one attached hydrogen (secondary N) is 1. The van der Waals surface area contributed by atoms with Gasteiger partial charge < -0.3 is 5.32 Å². The predicted molar refractivity (Wildman–Crippen MR) is 53.8 cm³/mol. The first-order valence-corrected chi connectivity index (χ1v) is 5.50. The highest BCUT2D eigenvalue weighted by molar-refractivity contribution is 4.77. The van der Waals surface area contributed by atoms with Gasteiger partial charge >= 0.3 is 0 Å². The van der Waals surface area contributed by atoms with Crippen LogP contribution in [0.25, 0.3) is 0 Å².